The molecule has 0 aliphatic heterocycles. The highest BCUT2D eigenvalue weighted by Gasteiger charge is 2.18. The van der Waals surface area contributed by atoms with Gasteiger partial charge in [0.1, 0.15) is 0 Å². The predicted molar refractivity (Wildman–Crippen MR) is 66.2 cm³/mol. The summed E-state index contributed by atoms with van der Waals surface area (Å²) in [5.41, 5.74) is 8.08. The molecule has 1 aromatic carbocycles. The number of aromatic nitrogens is 2. The average molecular weight is 231 g/mol. The highest BCUT2D eigenvalue weighted by atomic mass is 16.5. The van der Waals surface area contributed by atoms with Gasteiger partial charge in [-0.15, -0.1) is 0 Å². The van der Waals surface area contributed by atoms with Crippen LogP contribution in [0.2, 0.25) is 0 Å². The van der Waals surface area contributed by atoms with Crippen molar-refractivity contribution in [2.75, 3.05) is 0 Å². The quantitative estimate of drug-likeness (QED) is 0.882. The molecule has 2 aromatic rings. The molecule has 0 amide bonds. The fourth-order valence-electron chi connectivity index (χ4n) is 1.59. The summed E-state index contributed by atoms with van der Waals surface area (Å²) in [6, 6.07) is 7.74. The largest absolute Gasteiger partial charge is 0.337 e. The lowest BCUT2D eigenvalue weighted by Crippen LogP contribution is -2.16. The number of hydrogen-bond donors (Lipinski definition) is 1. The fourth-order valence-corrected chi connectivity index (χ4v) is 1.59. The molecule has 0 aliphatic rings. The molecular formula is C13H17N3O. The van der Waals surface area contributed by atoms with E-state index in [1.165, 1.54) is 0 Å². The molecule has 0 saturated carbocycles. The van der Waals surface area contributed by atoms with Gasteiger partial charge >= 0.3 is 0 Å². The van der Waals surface area contributed by atoms with Crippen molar-refractivity contribution in [1.82, 2.24) is 10.1 Å². The van der Waals surface area contributed by atoms with Crippen LogP contribution in [-0.2, 0) is 0 Å². The highest BCUT2D eigenvalue weighted by Crippen LogP contribution is 2.23. The van der Waals surface area contributed by atoms with Crippen molar-refractivity contribution in [3.8, 4) is 11.4 Å². The molecule has 2 rings (SSSR count). The van der Waals surface area contributed by atoms with Gasteiger partial charge in [0.05, 0.1) is 6.04 Å². The number of nitrogens with zero attached hydrogens (tertiary/aromatic N) is 2. The molecule has 0 radical (unpaired) electrons. The Morgan fingerprint density at radius 3 is 2.59 bits per heavy atom. The van der Waals surface area contributed by atoms with Crippen molar-refractivity contribution < 1.29 is 4.52 Å². The Balaban J connectivity index is 2.34. The number of rotatable bonds is 3. The van der Waals surface area contributed by atoms with E-state index in [1.54, 1.807) is 0 Å². The first kappa shape index (κ1) is 11.8. The van der Waals surface area contributed by atoms with E-state index in [2.05, 4.69) is 10.1 Å². The summed E-state index contributed by atoms with van der Waals surface area (Å²) in [6.07, 6.45) is 0. The minimum absolute atomic E-state index is 0.208. The fraction of sp³-hybridized carbons (Fsp3) is 0.385. The van der Waals surface area contributed by atoms with Gasteiger partial charge in [-0.1, -0.05) is 43.3 Å². The molecule has 90 valence electrons. The van der Waals surface area contributed by atoms with Crippen molar-refractivity contribution in [3.63, 3.8) is 0 Å². The lowest BCUT2D eigenvalue weighted by atomic mass is 10.1. The summed E-state index contributed by atoms with van der Waals surface area (Å²) in [7, 11) is 0. The van der Waals surface area contributed by atoms with Gasteiger partial charge in [0.25, 0.3) is 0 Å². The van der Waals surface area contributed by atoms with Crippen molar-refractivity contribution in [1.29, 1.82) is 0 Å². The second kappa shape index (κ2) is 4.67. The predicted octanol–water partition coefficient (Wildman–Crippen LogP) is 2.70. The zero-order valence-corrected chi connectivity index (χ0v) is 10.3. The molecule has 0 bridgehead atoms. The maximum Gasteiger partial charge on any atom is 0.244 e. The topological polar surface area (TPSA) is 64.9 Å². The van der Waals surface area contributed by atoms with Gasteiger partial charge in [0, 0.05) is 5.56 Å². The summed E-state index contributed by atoms with van der Waals surface area (Å²) in [6.45, 7) is 6.08. The monoisotopic (exact) mass is 231 g/mol. The summed E-state index contributed by atoms with van der Waals surface area (Å²) in [5, 5.41) is 3.98. The normalized spacial score (nSPS) is 13.0. The van der Waals surface area contributed by atoms with Crippen LogP contribution in [0.5, 0.6) is 0 Å². The van der Waals surface area contributed by atoms with Gasteiger partial charge < -0.3 is 10.3 Å². The van der Waals surface area contributed by atoms with Gasteiger partial charge in [-0.25, -0.2) is 0 Å². The molecule has 0 fully saturated rings. The molecule has 1 heterocycles. The molecule has 4 nitrogen and oxygen atoms in total. The van der Waals surface area contributed by atoms with E-state index in [9.17, 15) is 0 Å². The Morgan fingerprint density at radius 1 is 1.24 bits per heavy atom. The van der Waals surface area contributed by atoms with Crippen LogP contribution in [-0.4, -0.2) is 10.1 Å². The second-order valence-electron chi connectivity index (χ2n) is 4.54. The Labute approximate surface area is 101 Å². The Morgan fingerprint density at radius 2 is 1.94 bits per heavy atom. The molecular weight excluding hydrogens is 214 g/mol. The minimum atomic E-state index is -0.208. The van der Waals surface area contributed by atoms with Crippen LogP contribution in [0.15, 0.2) is 28.8 Å². The van der Waals surface area contributed by atoms with Crippen molar-refractivity contribution >= 4 is 0 Å². The highest BCUT2D eigenvalue weighted by molar-refractivity contribution is 5.58. The van der Waals surface area contributed by atoms with Gasteiger partial charge in [-0.05, 0) is 18.4 Å². The first-order valence-corrected chi connectivity index (χ1v) is 5.74. The molecule has 1 aromatic heterocycles. The van der Waals surface area contributed by atoms with Gasteiger partial charge in [0.2, 0.25) is 11.7 Å². The van der Waals surface area contributed by atoms with Crippen LogP contribution < -0.4 is 5.73 Å². The zero-order chi connectivity index (χ0) is 12.4. The third kappa shape index (κ3) is 2.36. The van der Waals surface area contributed by atoms with Gasteiger partial charge in [0.15, 0.2) is 0 Å². The van der Waals surface area contributed by atoms with Crippen LogP contribution in [0, 0.1) is 12.8 Å². The Kier molecular flexibility index (Phi) is 3.24. The minimum Gasteiger partial charge on any atom is -0.337 e. The van der Waals surface area contributed by atoms with Crippen molar-refractivity contribution in [3.05, 3.63) is 35.7 Å². The molecule has 1 atom stereocenters. The SMILES string of the molecule is Cc1ccccc1-c1noc(C(N)C(C)C)n1. The van der Waals surface area contributed by atoms with Crippen molar-refractivity contribution in [2.24, 2.45) is 11.7 Å². The summed E-state index contributed by atoms with van der Waals surface area (Å²) < 4.78 is 5.21. The third-order valence-electron chi connectivity index (χ3n) is 2.83. The Bertz CT molecular complexity index is 505. The maximum atomic E-state index is 5.97. The molecule has 1 unspecified atom stereocenters. The maximum absolute atomic E-state index is 5.97. The summed E-state index contributed by atoms with van der Waals surface area (Å²) in [4.78, 5) is 4.36. The first-order valence-electron chi connectivity index (χ1n) is 5.74. The van der Waals surface area contributed by atoms with Gasteiger partial charge in [-0.3, -0.25) is 0 Å². The number of aryl methyl sites for hydroxylation is 1. The van der Waals surface area contributed by atoms with E-state index in [0.29, 0.717) is 11.7 Å². The van der Waals surface area contributed by atoms with E-state index < -0.39 is 0 Å². The molecule has 4 heteroatoms. The van der Waals surface area contributed by atoms with Crippen molar-refractivity contribution in [2.45, 2.75) is 26.8 Å². The van der Waals surface area contributed by atoms with E-state index >= 15 is 0 Å². The summed E-state index contributed by atoms with van der Waals surface area (Å²) >= 11 is 0. The van der Waals surface area contributed by atoms with E-state index in [0.717, 1.165) is 11.1 Å². The van der Waals surface area contributed by atoms with Crippen LogP contribution in [0.4, 0.5) is 0 Å². The molecule has 0 saturated heterocycles. The number of benzene rings is 1. The van der Waals surface area contributed by atoms with E-state index in [-0.39, 0.29) is 12.0 Å². The summed E-state index contributed by atoms with van der Waals surface area (Å²) in [5.74, 6) is 1.38. The number of hydrogen-bond acceptors (Lipinski definition) is 4. The van der Waals surface area contributed by atoms with Crippen LogP contribution in [0.1, 0.15) is 31.3 Å². The van der Waals surface area contributed by atoms with E-state index in [1.807, 2.05) is 45.0 Å². The van der Waals surface area contributed by atoms with Crippen LogP contribution in [0.3, 0.4) is 0 Å². The van der Waals surface area contributed by atoms with Crippen LogP contribution in [0.25, 0.3) is 11.4 Å². The third-order valence-corrected chi connectivity index (χ3v) is 2.83. The van der Waals surface area contributed by atoms with Gasteiger partial charge in [-0.2, -0.15) is 4.98 Å². The molecule has 0 spiro atoms. The zero-order valence-electron chi connectivity index (χ0n) is 10.3. The smallest absolute Gasteiger partial charge is 0.244 e. The average Bonchev–Trinajstić information content (AvgIpc) is 2.77. The lowest BCUT2D eigenvalue weighted by molar-refractivity contribution is 0.325. The standard InChI is InChI=1S/C13H17N3O/c1-8(2)11(14)13-15-12(16-17-13)10-7-5-4-6-9(10)3/h4-8,11H,14H2,1-3H3. The lowest BCUT2D eigenvalue weighted by Gasteiger charge is -2.09. The molecule has 0 aliphatic carbocycles. The Hall–Kier alpha value is -1.68. The first-order chi connectivity index (χ1) is 8.09. The second-order valence-corrected chi connectivity index (χ2v) is 4.54. The van der Waals surface area contributed by atoms with E-state index in [4.69, 9.17) is 10.3 Å². The molecule has 2 N–H and O–H groups in total. The molecule has 17 heavy (non-hydrogen) atoms. The van der Waals surface area contributed by atoms with Crippen LogP contribution >= 0.6 is 0 Å². The number of nitrogens with two attached hydrogens (primary N) is 1.